The van der Waals surface area contributed by atoms with Crippen LogP contribution in [0.2, 0.25) is 0 Å². The van der Waals surface area contributed by atoms with Crippen LogP contribution in [0, 0.1) is 11.6 Å². The minimum absolute atomic E-state index is 0.239. The highest BCUT2D eigenvalue weighted by Gasteiger charge is 2.14. The number of aryl methyl sites for hydroxylation is 2. The summed E-state index contributed by atoms with van der Waals surface area (Å²) in [7, 11) is 3.27. The molecule has 2 aromatic heterocycles. The van der Waals surface area contributed by atoms with Crippen molar-refractivity contribution in [1.82, 2.24) is 18.7 Å². The lowest BCUT2D eigenvalue weighted by molar-refractivity contribution is 0.506. The van der Waals surface area contributed by atoms with Crippen molar-refractivity contribution in [2.75, 3.05) is 5.75 Å². The maximum atomic E-state index is 13.2. The second kappa shape index (κ2) is 6.83. The predicted molar refractivity (Wildman–Crippen MR) is 91.9 cm³/mol. The van der Waals surface area contributed by atoms with Crippen LogP contribution in [0.1, 0.15) is 6.42 Å². The number of hydrogen-bond donors (Lipinski definition) is 0. The first-order valence-electron chi connectivity index (χ1n) is 7.59. The molecule has 0 bridgehead atoms. The Kier molecular flexibility index (Phi) is 4.76. The van der Waals surface area contributed by atoms with E-state index in [1.807, 2.05) is 0 Å². The van der Waals surface area contributed by atoms with Gasteiger partial charge in [-0.2, -0.15) is 0 Å². The van der Waals surface area contributed by atoms with E-state index in [1.54, 1.807) is 18.7 Å². The SMILES string of the molecule is Cn1cnc2c1c(=O)n(CCCSc1ccc(F)c(F)c1)c(=O)n2C. The van der Waals surface area contributed by atoms with Gasteiger partial charge < -0.3 is 4.57 Å². The molecule has 25 heavy (non-hydrogen) atoms. The maximum Gasteiger partial charge on any atom is 0.332 e. The quantitative estimate of drug-likeness (QED) is 0.511. The monoisotopic (exact) mass is 366 g/mol. The van der Waals surface area contributed by atoms with Crippen LogP contribution in [0.5, 0.6) is 0 Å². The van der Waals surface area contributed by atoms with Gasteiger partial charge in [0.15, 0.2) is 22.8 Å². The highest BCUT2D eigenvalue weighted by Crippen LogP contribution is 2.21. The van der Waals surface area contributed by atoms with Crippen LogP contribution in [-0.4, -0.2) is 24.4 Å². The van der Waals surface area contributed by atoms with Gasteiger partial charge in [-0.3, -0.25) is 13.9 Å². The molecule has 3 aromatic rings. The highest BCUT2D eigenvalue weighted by atomic mass is 32.2. The average Bonchev–Trinajstić information content (AvgIpc) is 2.97. The minimum Gasteiger partial charge on any atom is -0.328 e. The normalized spacial score (nSPS) is 11.4. The minimum atomic E-state index is -0.892. The molecule has 0 N–H and O–H groups in total. The molecule has 2 heterocycles. The zero-order chi connectivity index (χ0) is 18.1. The molecule has 0 atom stereocenters. The van der Waals surface area contributed by atoms with Crippen LogP contribution >= 0.6 is 11.8 Å². The molecule has 0 aliphatic carbocycles. The van der Waals surface area contributed by atoms with Gasteiger partial charge in [-0.1, -0.05) is 0 Å². The van der Waals surface area contributed by atoms with E-state index in [4.69, 9.17) is 0 Å². The number of aromatic nitrogens is 4. The average molecular weight is 366 g/mol. The van der Waals surface area contributed by atoms with E-state index < -0.39 is 17.3 Å². The Morgan fingerprint density at radius 3 is 2.64 bits per heavy atom. The third kappa shape index (κ3) is 3.23. The van der Waals surface area contributed by atoms with Gasteiger partial charge in [-0.05, 0) is 30.4 Å². The number of thioether (sulfide) groups is 1. The van der Waals surface area contributed by atoms with Crippen molar-refractivity contribution in [3.63, 3.8) is 0 Å². The first-order chi connectivity index (χ1) is 11.9. The summed E-state index contributed by atoms with van der Waals surface area (Å²) in [5.74, 6) is -1.22. The van der Waals surface area contributed by atoms with Gasteiger partial charge in [0.2, 0.25) is 0 Å². The molecule has 6 nitrogen and oxygen atoms in total. The Labute approximate surface area is 145 Å². The zero-order valence-electron chi connectivity index (χ0n) is 13.7. The number of hydrogen-bond acceptors (Lipinski definition) is 4. The number of rotatable bonds is 5. The molecular weight excluding hydrogens is 350 g/mol. The fourth-order valence-corrected chi connectivity index (χ4v) is 3.43. The Bertz CT molecular complexity index is 1050. The van der Waals surface area contributed by atoms with Gasteiger partial charge in [-0.25, -0.2) is 18.6 Å². The molecule has 0 aliphatic rings. The van der Waals surface area contributed by atoms with E-state index >= 15 is 0 Å². The summed E-state index contributed by atoms with van der Waals surface area (Å²) >= 11 is 1.34. The molecule has 0 saturated carbocycles. The van der Waals surface area contributed by atoms with Crippen molar-refractivity contribution >= 4 is 22.9 Å². The van der Waals surface area contributed by atoms with Crippen molar-refractivity contribution in [3.05, 3.63) is 57.0 Å². The topological polar surface area (TPSA) is 61.8 Å². The van der Waals surface area contributed by atoms with E-state index in [0.29, 0.717) is 28.2 Å². The van der Waals surface area contributed by atoms with Crippen LogP contribution in [0.3, 0.4) is 0 Å². The third-order valence-electron chi connectivity index (χ3n) is 3.89. The number of nitrogens with zero attached hydrogens (tertiary/aromatic N) is 4. The first kappa shape index (κ1) is 17.4. The smallest absolute Gasteiger partial charge is 0.328 e. The van der Waals surface area contributed by atoms with Gasteiger partial charge >= 0.3 is 5.69 Å². The van der Waals surface area contributed by atoms with E-state index in [-0.39, 0.29) is 12.1 Å². The fourth-order valence-electron chi connectivity index (χ4n) is 2.57. The molecule has 0 spiro atoms. The molecule has 0 fully saturated rings. The van der Waals surface area contributed by atoms with E-state index in [9.17, 15) is 18.4 Å². The molecular formula is C16H16F2N4O2S. The van der Waals surface area contributed by atoms with E-state index in [0.717, 1.165) is 12.1 Å². The lowest BCUT2D eigenvalue weighted by atomic mass is 10.3. The van der Waals surface area contributed by atoms with E-state index in [2.05, 4.69) is 4.98 Å². The molecule has 0 unspecified atom stereocenters. The van der Waals surface area contributed by atoms with Crippen LogP contribution in [0.25, 0.3) is 11.2 Å². The maximum absolute atomic E-state index is 13.2. The standard InChI is InChI=1S/C16H16F2N4O2S/c1-20-9-19-14-13(20)15(23)22(16(24)21(14)2)6-3-7-25-10-4-5-11(17)12(18)8-10/h4-5,8-9H,3,6-7H2,1-2H3. The molecule has 9 heteroatoms. The lowest BCUT2D eigenvalue weighted by Crippen LogP contribution is -2.39. The summed E-state index contributed by atoms with van der Waals surface area (Å²) in [6.45, 7) is 0.239. The molecule has 3 rings (SSSR count). The third-order valence-corrected chi connectivity index (χ3v) is 4.97. The summed E-state index contributed by atoms with van der Waals surface area (Å²) in [5, 5.41) is 0. The summed E-state index contributed by atoms with van der Waals surface area (Å²) in [6, 6.07) is 3.71. The molecule has 0 aliphatic heterocycles. The predicted octanol–water partition coefficient (Wildman–Crippen LogP) is 1.89. The molecule has 132 valence electrons. The van der Waals surface area contributed by atoms with Gasteiger partial charge in [-0.15, -0.1) is 11.8 Å². The molecule has 0 amide bonds. The van der Waals surface area contributed by atoms with Crippen LogP contribution < -0.4 is 11.2 Å². The van der Waals surface area contributed by atoms with Crippen LogP contribution in [0.15, 0.2) is 39.0 Å². The lowest BCUT2D eigenvalue weighted by Gasteiger charge is -2.08. The van der Waals surface area contributed by atoms with Crippen molar-refractivity contribution < 1.29 is 8.78 Å². The summed E-state index contributed by atoms with van der Waals surface area (Å²) in [4.78, 5) is 29.5. The van der Waals surface area contributed by atoms with Crippen molar-refractivity contribution in [3.8, 4) is 0 Å². The second-order valence-electron chi connectivity index (χ2n) is 5.60. The second-order valence-corrected chi connectivity index (χ2v) is 6.77. The molecule has 1 aromatic carbocycles. The largest absolute Gasteiger partial charge is 0.332 e. The van der Waals surface area contributed by atoms with Crippen molar-refractivity contribution in [2.45, 2.75) is 17.9 Å². The Hall–Kier alpha value is -2.42. The number of fused-ring (bicyclic) bond motifs is 1. The highest BCUT2D eigenvalue weighted by molar-refractivity contribution is 7.99. The van der Waals surface area contributed by atoms with Crippen molar-refractivity contribution in [1.29, 1.82) is 0 Å². The van der Waals surface area contributed by atoms with Gasteiger partial charge in [0.05, 0.1) is 6.33 Å². The van der Waals surface area contributed by atoms with Crippen LogP contribution in [-0.2, 0) is 20.6 Å². The van der Waals surface area contributed by atoms with E-state index in [1.165, 1.54) is 33.3 Å². The van der Waals surface area contributed by atoms with Gasteiger partial charge in [0.25, 0.3) is 5.56 Å². The summed E-state index contributed by atoms with van der Waals surface area (Å²) in [6.07, 6.45) is 2.02. The number of halogens is 2. The fraction of sp³-hybridized carbons (Fsp3) is 0.312. The number of imidazole rings is 1. The van der Waals surface area contributed by atoms with Crippen LogP contribution in [0.4, 0.5) is 8.78 Å². The summed E-state index contributed by atoms with van der Waals surface area (Å²) in [5.41, 5.74) is -0.0785. The Balaban J connectivity index is 1.75. The Morgan fingerprint density at radius 1 is 1.16 bits per heavy atom. The number of benzene rings is 1. The van der Waals surface area contributed by atoms with Gasteiger partial charge in [0.1, 0.15) is 0 Å². The zero-order valence-corrected chi connectivity index (χ0v) is 14.5. The summed E-state index contributed by atoms with van der Waals surface area (Å²) < 4.78 is 30.2. The Morgan fingerprint density at radius 2 is 1.92 bits per heavy atom. The molecule has 0 saturated heterocycles. The molecule has 0 radical (unpaired) electrons. The first-order valence-corrected chi connectivity index (χ1v) is 8.57. The van der Waals surface area contributed by atoms with Crippen molar-refractivity contribution in [2.24, 2.45) is 14.1 Å². The van der Waals surface area contributed by atoms with Gasteiger partial charge in [0, 0.05) is 25.5 Å².